The fourth-order valence-electron chi connectivity index (χ4n) is 2.93. The highest BCUT2D eigenvalue weighted by atomic mass is 35.5. The van der Waals surface area contributed by atoms with Gasteiger partial charge in [-0.3, -0.25) is 9.69 Å². The number of anilines is 2. The molecule has 1 heterocycles. The van der Waals surface area contributed by atoms with E-state index in [9.17, 15) is 9.59 Å². The van der Waals surface area contributed by atoms with Crippen molar-refractivity contribution in [3.05, 3.63) is 24.3 Å². The van der Waals surface area contributed by atoms with Crippen LogP contribution in [0.3, 0.4) is 0 Å². The van der Waals surface area contributed by atoms with E-state index in [4.69, 9.17) is 5.73 Å². The number of halogens is 1. The molecule has 2 fully saturated rings. The molecular formula is C15H21ClN4O2. The van der Waals surface area contributed by atoms with Gasteiger partial charge in [-0.25, -0.2) is 4.79 Å². The number of nitrogens with one attached hydrogen (secondary N) is 2. The highest BCUT2D eigenvalue weighted by Crippen LogP contribution is 2.28. The van der Waals surface area contributed by atoms with E-state index in [0.29, 0.717) is 18.8 Å². The molecular weight excluding hydrogens is 304 g/mol. The summed E-state index contributed by atoms with van der Waals surface area (Å²) in [5.74, 6) is -0.119. The molecule has 1 aliphatic carbocycles. The van der Waals surface area contributed by atoms with Crippen molar-refractivity contribution in [2.24, 2.45) is 5.73 Å². The maximum Gasteiger partial charge on any atom is 0.321 e. The Morgan fingerprint density at radius 2 is 1.86 bits per heavy atom. The van der Waals surface area contributed by atoms with E-state index in [1.165, 1.54) is 0 Å². The molecule has 1 aliphatic heterocycles. The molecule has 120 valence electrons. The third-order valence-corrected chi connectivity index (χ3v) is 4.24. The average molecular weight is 325 g/mol. The van der Waals surface area contributed by atoms with Crippen LogP contribution in [0.1, 0.15) is 25.7 Å². The Balaban J connectivity index is 0.00000176. The van der Waals surface area contributed by atoms with E-state index in [1.54, 1.807) is 17.0 Å². The highest BCUT2D eigenvalue weighted by molar-refractivity contribution is 5.99. The maximum atomic E-state index is 12.2. The SMILES string of the molecule is Cl.NC1(C(=O)Nc2ccc(N3CCNC3=O)cc2)CCCC1. The van der Waals surface area contributed by atoms with Gasteiger partial charge in [0, 0.05) is 24.5 Å². The van der Waals surface area contributed by atoms with E-state index < -0.39 is 5.54 Å². The first-order chi connectivity index (χ1) is 10.1. The smallest absolute Gasteiger partial charge is 0.321 e. The quantitative estimate of drug-likeness (QED) is 0.793. The number of hydrogen-bond acceptors (Lipinski definition) is 3. The fourth-order valence-corrected chi connectivity index (χ4v) is 2.93. The molecule has 1 aromatic rings. The lowest BCUT2D eigenvalue weighted by Crippen LogP contribution is -2.48. The lowest BCUT2D eigenvalue weighted by Gasteiger charge is -2.22. The van der Waals surface area contributed by atoms with Gasteiger partial charge >= 0.3 is 6.03 Å². The molecule has 6 nitrogen and oxygen atoms in total. The number of hydrogen-bond donors (Lipinski definition) is 3. The average Bonchev–Trinajstić information content (AvgIpc) is 3.09. The highest BCUT2D eigenvalue weighted by Gasteiger charge is 2.36. The van der Waals surface area contributed by atoms with E-state index in [1.807, 2.05) is 12.1 Å². The van der Waals surface area contributed by atoms with E-state index in [0.717, 1.165) is 31.4 Å². The normalized spacial score (nSPS) is 19.5. The molecule has 2 aliphatic rings. The summed E-state index contributed by atoms with van der Waals surface area (Å²) in [5.41, 5.74) is 6.93. The van der Waals surface area contributed by atoms with Gasteiger partial charge in [0.25, 0.3) is 0 Å². The monoisotopic (exact) mass is 324 g/mol. The van der Waals surface area contributed by atoms with E-state index in [-0.39, 0.29) is 24.3 Å². The van der Waals surface area contributed by atoms with Gasteiger partial charge < -0.3 is 16.4 Å². The van der Waals surface area contributed by atoms with E-state index in [2.05, 4.69) is 10.6 Å². The first-order valence-electron chi connectivity index (χ1n) is 7.34. The summed E-state index contributed by atoms with van der Waals surface area (Å²) in [5, 5.41) is 5.63. The molecule has 1 saturated carbocycles. The van der Waals surface area contributed by atoms with Crippen molar-refractivity contribution >= 4 is 35.7 Å². The van der Waals surface area contributed by atoms with Crippen molar-refractivity contribution in [3.63, 3.8) is 0 Å². The molecule has 0 spiro atoms. The third kappa shape index (κ3) is 3.18. The minimum atomic E-state index is -0.729. The van der Waals surface area contributed by atoms with Crippen LogP contribution < -0.4 is 21.3 Å². The minimum absolute atomic E-state index is 0. The largest absolute Gasteiger partial charge is 0.336 e. The summed E-state index contributed by atoms with van der Waals surface area (Å²) in [6, 6.07) is 7.18. The Morgan fingerprint density at radius 3 is 2.41 bits per heavy atom. The second-order valence-corrected chi connectivity index (χ2v) is 5.75. The van der Waals surface area contributed by atoms with Crippen LogP contribution in [0.25, 0.3) is 0 Å². The van der Waals surface area contributed by atoms with Gasteiger partial charge in [-0.2, -0.15) is 0 Å². The summed E-state index contributed by atoms with van der Waals surface area (Å²) >= 11 is 0. The maximum absolute atomic E-state index is 12.2. The van der Waals surface area contributed by atoms with Crippen LogP contribution in [-0.4, -0.2) is 30.6 Å². The lowest BCUT2D eigenvalue weighted by atomic mass is 9.98. The first-order valence-corrected chi connectivity index (χ1v) is 7.34. The molecule has 3 rings (SSSR count). The van der Waals surface area contributed by atoms with Crippen LogP contribution in [0, 0.1) is 0 Å². The number of amides is 3. The predicted molar refractivity (Wildman–Crippen MR) is 88.5 cm³/mol. The van der Waals surface area contributed by atoms with Crippen molar-refractivity contribution in [2.45, 2.75) is 31.2 Å². The zero-order valence-corrected chi connectivity index (χ0v) is 13.1. The van der Waals surface area contributed by atoms with Gasteiger partial charge in [0.05, 0.1) is 5.54 Å². The van der Waals surface area contributed by atoms with Crippen LogP contribution in [-0.2, 0) is 4.79 Å². The second-order valence-electron chi connectivity index (χ2n) is 5.75. The van der Waals surface area contributed by atoms with Gasteiger partial charge in [0.2, 0.25) is 5.91 Å². The number of carbonyl (C=O) groups excluding carboxylic acids is 2. The van der Waals surface area contributed by atoms with Gasteiger partial charge in [0.15, 0.2) is 0 Å². The molecule has 0 radical (unpaired) electrons. The molecule has 0 atom stereocenters. The Morgan fingerprint density at radius 1 is 1.23 bits per heavy atom. The summed E-state index contributed by atoms with van der Waals surface area (Å²) in [4.78, 5) is 25.5. The Kier molecular flexibility index (Phi) is 4.93. The van der Waals surface area contributed by atoms with Crippen LogP contribution in [0.2, 0.25) is 0 Å². The third-order valence-electron chi connectivity index (χ3n) is 4.24. The Labute approximate surface area is 135 Å². The number of nitrogens with two attached hydrogens (primary N) is 1. The summed E-state index contributed by atoms with van der Waals surface area (Å²) in [7, 11) is 0. The molecule has 0 unspecified atom stereocenters. The van der Waals surface area contributed by atoms with Gasteiger partial charge in [-0.1, -0.05) is 12.8 Å². The van der Waals surface area contributed by atoms with Crippen LogP contribution in [0.15, 0.2) is 24.3 Å². The minimum Gasteiger partial charge on any atom is -0.336 e. The van der Waals surface area contributed by atoms with Crippen molar-refractivity contribution in [2.75, 3.05) is 23.3 Å². The topological polar surface area (TPSA) is 87.5 Å². The zero-order valence-electron chi connectivity index (χ0n) is 12.3. The summed E-state index contributed by atoms with van der Waals surface area (Å²) in [6.07, 6.45) is 3.50. The van der Waals surface area contributed by atoms with Crippen LogP contribution >= 0.6 is 12.4 Å². The summed E-state index contributed by atoms with van der Waals surface area (Å²) in [6.45, 7) is 1.32. The number of nitrogens with zero attached hydrogens (tertiary/aromatic N) is 1. The Hall–Kier alpha value is -1.79. The number of benzene rings is 1. The summed E-state index contributed by atoms with van der Waals surface area (Å²) < 4.78 is 0. The lowest BCUT2D eigenvalue weighted by molar-refractivity contribution is -0.121. The first kappa shape index (κ1) is 16.6. The molecule has 22 heavy (non-hydrogen) atoms. The molecule has 7 heteroatoms. The number of rotatable bonds is 3. The van der Waals surface area contributed by atoms with Gasteiger partial charge in [-0.15, -0.1) is 12.4 Å². The number of urea groups is 1. The second kappa shape index (κ2) is 6.54. The number of carbonyl (C=O) groups is 2. The van der Waals surface area contributed by atoms with Crippen molar-refractivity contribution < 1.29 is 9.59 Å². The van der Waals surface area contributed by atoms with Crippen molar-refractivity contribution in [1.29, 1.82) is 0 Å². The van der Waals surface area contributed by atoms with Crippen molar-refractivity contribution in [3.8, 4) is 0 Å². The molecule has 0 bridgehead atoms. The Bertz CT molecular complexity index is 555. The van der Waals surface area contributed by atoms with E-state index >= 15 is 0 Å². The fraction of sp³-hybridized carbons (Fsp3) is 0.467. The van der Waals surface area contributed by atoms with Crippen molar-refractivity contribution in [1.82, 2.24) is 5.32 Å². The molecule has 3 amide bonds. The van der Waals surface area contributed by atoms with Crippen LogP contribution in [0.4, 0.5) is 16.2 Å². The molecule has 4 N–H and O–H groups in total. The zero-order chi connectivity index (χ0) is 14.9. The van der Waals surface area contributed by atoms with Gasteiger partial charge in [-0.05, 0) is 37.1 Å². The van der Waals surface area contributed by atoms with Gasteiger partial charge in [0.1, 0.15) is 0 Å². The molecule has 1 aromatic carbocycles. The van der Waals surface area contributed by atoms with Crippen LogP contribution in [0.5, 0.6) is 0 Å². The standard InChI is InChI=1S/C15H20N4O2.ClH/c16-15(7-1-2-8-15)13(20)18-11-3-5-12(6-4-11)19-10-9-17-14(19)21;/h3-6H,1-2,7-10,16H2,(H,17,21)(H,18,20);1H. The predicted octanol–water partition coefficient (Wildman–Crippen LogP) is 1.85. The molecule has 0 aromatic heterocycles. The molecule has 1 saturated heterocycles.